The number of nitrogens with zero attached hydrogens (tertiary/aromatic N) is 2. The lowest BCUT2D eigenvalue weighted by atomic mass is 9.95. The number of Topliss-reactive ketones (excluding diaryl/α,β-unsaturated/α-hetero) is 1. The van der Waals surface area contributed by atoms with Gasteiger partial charge in [0.2, 0.25) is 0 Å². The van der Waals surface area contributed by atoms with E-state index in [2.05, 4.69) is 4.98 Å². The van der Waals surface area contributed by atoms with Crippen molar-refractivity contribution in [3.8, 4) is 17.2 Å². The number of amides is 1. The number of aliphatic hydroxyl groups is 1. The van der Waals surface area contributed by atoms with Crippen LogP contribution in [0.15, 0.2) is 103 Å². The lowest BCUT2D eigenvalue weighted by Gasteiger charge is -2.25. The summed E-state index contributed by atoms with van der Waals surface area (Å²) in [7, 11) is 0. The molecule has 5 rings (SSSR count). The molecule has 0 bridgehead atoms. The fraction of sp³-hybridized carbons (Fsp3) is 0.129. The molecule has 0 spiro atoms. The Kier molecular flexibility index (Phi) is 7.61. The summed E-state index contributed by atoms with van der Waals surface area (Å²) in [6, 6.07) is 25.6. The van der Waals surface area contributed by atoms with Gasteiger partial charge in [0.25, 0.3) is 11.7 Å². The first kappa shape index (κ1) is 26.0. The summed E-state index contributed by atoms with van der Waals surface area (Å²) in [5.41, 5.74) is 1.29. The SMILES string of the molecule is CCOc1ccc(Cl)c(/C(O)=C2\C(=O)C(=O)N(Cc3ccccn3)C2c2cccc(Oc3ccccc3)c2)c1. The largest absolute Gasteiger partial charge is 0.507 e. The van der Waals surface area contributed by atoms with E-state index in [4.69, 9.17) is 21.1 Å². The van der Waals surface area contributed by atoms with E-state index in [1.54, 1.807) is 66.9 Å². The van der Waals surface area contributed by atoms with Crippen LogP contribution in [0.4, 0.5) is 0 Å². The number of ether oxygens (including phenoxy) is 2. The number of aliphatic hydroxyl groups excluding tert-OH is 1. The van der Waals surface area contributed by atoms with Crippen molar-refractivity contribution in [2.75, 3.05) is 6.61 Å². The van der Waals surface area contributed by atoms with Crippen LogP contribution in [0.1, 0.15) is 29.8 Å². The van der Waals surface area contributed by atoms with Gasteiger partial charge in [-0.3, -0.25) is 14.6 Å². The van der Waals surface area contributed by atoms with Crippen LogP contribution in [-0.2, 0) is 16.1 Å². The molecule has 1 aromatic heterocycles. The standard InChI is InChI=1S/C31H25ClN2O5/c1-2-38-23-14-15-26(32)25(18-23)29(35)27-28(34(31(37)30(27)36)19-21-10-6-7-16-33-21)20-9-8-13-24(17-20)39-22-11-4-3-5-12-22/h3-18,28,35H,2,19H2,1H3/b29-27+. The quantitative estimate of drug-likeness (QED) is 0.155. The van der Waals surface area contributed by atoms with Gasteiger partial charge in [-0.15, -0.1) is 0 Å². The number of para-hydroxylation sites is 1. The molecule has 0 aliphatic carbocycles. The smallest absolute Gasteiger partial charge is 0.296 e. The van der Waals surface area contributed by atoms with E-state index in [0.717, 1.165) is 0 Å². The summed E-state index contributed by atoms with van der Waals surface area (Å²) in [4.78, 5) is 32.6. The Hall–Kier alpha value is -4.62. The molecule has 1 aliphatic rings. The first-order chi connectivity index (χ1) is 19.0. The molecule has 0 radical (unpaired) electrons. The van der Waals surface area contributed by atoms with E-state index in [1.165, 1.54) is 4.90 Å². The summed E-state index contributed by atoms with van der Waals surface area (Å²) >= 11 is 6.44. The van der Waals surface area contributed by atoms with Crippen LogP contribution in [0.5, 0.6) is 17.2 Å². The number of hydrogen-bond donors (Lipinski definition) is 1. The third-order valence-electron chi connectivity index (χ3n) is 6.26. The maximum Gasteiger partial charge on any atom is 0.296 e. The molecular formula is C31H25ClN2O5. The predicted molar refractivity (Wildman–Crippen MR) is 148 cm³/mol. The minimum absolute atomic E-state index is 0.0589. The van der Waals surface area contributed by atoms with Crippen molar-refractivity contribution in [1.29, 1.82) is 0 Å². The number of halogens is 1. The molecule has 1 N–H and O–H groups in total. The molecule has 196 valence electrons. The molecule has 3 aromatic carbocycles. The van der Waals surface area contributed by atoms with Crippen LogP contribution < -0.4 is 9.47 Å². The predicted octanol–water partition coefficient (Wildman–Crippen LogP) is 6.55. The lowest BCUT2D eigenvalue weighted by molar-refractivity contribution is -0.140. The number of rotatable bonds is 8. The van der Waals surface area contributed by atoms with Crippen LogP contribution in [0.3, 0.4) is 0 Å². The van der Waals surface area contributed by atoms with Gasteiger partial charge < -0.3 is 19.5 Å². The highest BCUT2D eigenvalue weighted by Gasteiger charge is 2.46. The number of likely N-dealkylation sites (tertiary alicyclic amines) is 1. The van der Waals surface area contributed by atoms with Gasteiger partial charge in [-0.05, 0) is 67.1 Å². The van der Waals surface area contributed by atoms with Crippen molar-refractivity contribution in [3.63, 3.8) is 0 Å². The minimum Gasteiger partial charge on any atom is -0.507 e. The maximum atomic E-state index is 13.5. The molecule has 1 atom stereocenters. The molecule has 8 heteroatoms. The van der Waals surface area contributed by atoms with Gasteiger partial charge in [-0.1, -0.05) is 48.0 Å². The molecule has 7 nitrogen and oxygen atoms in total. The summed E-state index contributed by atoms with van der Waals surface area (Å²) in [5, 5.41) is 11.7. The van der Waals surface area contributed by atoms with Crippen molar-refractivity contribution in [2.45, 2.75) is 19.5 Å². The van der Waals surface area contributed by atoms with Crippen molar-refractivity contribution < 1.29 is 24.2 Å². The van der Waals surface area contributed by atoms with Crippen LogP contribution in [0.2, 0.25) is 5.02 Å². The Bertz CT molecular complexity index is 1540. The average molecular weight is 541 g/mol. The van der Waals surface area contributed by atoms with Gasteiger partial charge in [0.15, 0.2) is 0 Å². The van der Waals surface area contributed by atoms with E-state index < -0.39 is 17.7 Å². The second kappa shape index (κ2) is 11.4. The third kappa shape index (κ3) is 5.49. The van der Waals surface area contributed by atoms with Crippen molar-refractivity contribution >= 4 is 29.1 Å². The highest BCUT2D eigenvalue weighted by atomic mass is 35.5. The number of carbonyl (C=O) groups is 2. The summed E-state index contributed by atoms with van der Waals surface area (Å²) in [5.74, 6) is -0.335. The monoisotopic (exact) mass is 540 g/mol. The molecule has 0 saturated carbocycles. The lowest BCUT2D eigenvalue weighted by Crippen LogP contribution is -2.29. The molecule has 4 aromatic rings. The second-order valence-electron chi connectivity index (χ2n) is 8.81. The third-order valence-corrected chi connectivity index (χ3v) is 6.58. The first-order valence-electron chi connectivity index (χ1n) is 12.4. The van der Waals surface area contributed by atoms with Gasteiger partial charge in [0.1, 0.15) is 23.0 Å². The van der Waals surface area contributed by atoms with Crippen LogP contribution in [0, 0.1) is 0 Å². The number of aromatic nitrogens is 1. The molecule has 1 amide bonds. The average Bonchev–Trinajstić information content (AvgIpc) is 3.20. The molecule has 1 unspecified atom stereocenters. The van der Waals surface area contributed by atoms with E-state index in [-0.39, 0.29) is 28.5 Å². The number of ketones is 1. The fourth-order valence-corrected chi connectivity index (χ4v) is 4.72. The van der Waals surface area contributed by atoms with E-state index >= 15 is 0 Å². The Morgan fingerprint density at radius 2 is 1.69 bits per heavy atom. The fourth-order valence-electron chi connectivity index (χ4n) is 4.52. The highest BCUT2D eigenvalue weighted by Crippen LogP contribution is 2.42. The Labute approximate surface area is 230 Å². The second-order valence-corrected chi connectivity index (χ2v) is 9.22. The normalized spacial score (nSPS) is 16.4. The van der Waals surface area contributed by atoms with E-state index in [0.29, 0.717) is 35.1 Å². The maximum absolute atomic E-state index is 13.5. The van der Waals surface area contributed by atoms with Gasteiger partial charge in [-0.25, -0.2) is 0 Å². The van der Waals surface area contributed by atoms with Crippen molar-refractivity contribution in [1.82, 2.24) is 9.88 Å². The van der Waals surface area contributed by atoms with Crippen molar-refractivity contribution in [2.24, 2.45) is 0 Å². The molecule has 1 saturated heterocycles. The number of pyridine rings is 1. The van der Waals surface area contributed by atoms with Crippen LogP contribution in [-0.4, -0.2) is 33.3 Å². The van der Waals surface area contributed by atoms with Gasteiger partial charge in [0, 0.05) is 11.8 Å². The summed E-state index contributed by atoms with van der Waals surface area (Å²) in [6.07, 6.45) is 1.62. The number of benzene rings is 3. The van der Waals surface area contributed by atoms with E-state index in [1.807, 2.05) is 37.3 Å². The zero-order valence-electron chi connectivity index (χ0n) is 21.1. The number of hydrogen-bond acceptors (Lipinski definition) is 6. The minimum atomic E-state index is -0.918. The Morgan fingerprint density at radius 3 is 2.44 bits per heavy atom. The number of carbonyl (C=O) groups excluding carboxylic acids is 2. The van der Waals surface area contributed by atoms with E-state index in [9.17, 15) is 14.7 Å². The van der Waals surface area contributed by atoms with Gasteiger partial charge in [-0.2, -0.15) is 0 Å². The first-order valence-corrected chi connectivity index (χ1v) is 12.8. The Balaban J connectivity index is 1.64. The Morgan fingerprint density at radius 1 is 0.923 bits per heavy atom. The zero-order chi connectivity index (χ0) is 27.4. The molecule has 1 fully saturated rings. The molecular weight excluding hydrogens is 516 g/mol. The zero-order valence-corrected chi connectivity index (χ0v) is 21.8. The molecule has 1 aliphatic heterocycles. The highest BCUT2D eigenvalue weighted by molar-refractivity contribution is 6.47. The topological polar surface area (TPSA) is 89.0 Å². The van der Waals surface area contributed by atoms with Gasteiger partial charge >= 0.3 is 0 Å². The summed E-state index contributed by atoms with van der Waals surface area (Å²) < 4.78 is 11.6. The molecule has 39 heavy (non-hydrogen) atoms. The van der Waals surface area contributed by atoms with Crippen molar-refractivity contribution in [3.05, 3.63) is 125 Å². The van der Waals surface area contributed by atoms with Crippen LogP contribution >= 0.6 is 11.6 Å². The molecule has 2 heterocycles. The van der Waals surface area contributed by atoms with Gasteiger partial charge in [0.05, 0.1) is 35.5 Å². The summed E-state index contributed by atoms with van der Waals surface area (Å²) in [6.45, 7) is 2.30. The van der Waals surface area contributed by atoms with Crippen LogP contribution in [0.25, 0.3) is 5.76 Å².